The number of rotatable bonds is 3. The molecule has 0 atom stereocenters. The maximum absolute atomic E-state index is 12.7. The summed E-state index contributed by atoms with van der Waals surface area (Å²) >= 11 is 0. The highest BCUT2D eigenvalue weighted by Crippen LogP contribution is 2.23. The van der Waals surface area contributed by atoms with Crippen LogP contribution < -0.4 is 10.2 Å². The van der Waals surface area contributed by atoms with Gasteiger partial charge in [-0.15, -0.1) is 0 Å². The van der Waals surface area contributed by atoms with Crippen molar-refractivity contribution in [3.8, 4) is 0 Å². The topological polar surface area (TPSA) is 53.4 Å². The zero-order valence-electron chi connectivity index (χ0n) is 15.3. The molecule has 1 N–H and O–H groups in total. The van der Waals surface area contributed by atoms with Crippen molar-refractivity contribution in [3.05, 3.63) is 42.2 Å². The zero-order chi connectivity index (χ0) is 17.8. The molecule has 0 bridgehead atoms. The highest BCUT2D eigenvalue weighted by Gasteiger charge is 2.21. The Bertz CT molecular complexity index is 710. The van der Waals surface area contributed by atoms with Crippen LogP contribution in [-0.4, -0.2) is 46.9 Å². The Morgan fingerprint density at radius 2 is 1.88 bits per heavy atom. The van der Waals surface area contributed by atoms with Gasteiger partial charge in [0.05, 0.1) is 11.4 Å². The SMILES string of the molecule is CC(C)c1nn(C)cc1NC(=O)N1CCCN(c2ccccc2)CC1. The molecule has 6 heteroatoms. The average Bonchev–Trinajstić information content (AvgIpc) is 2.82. The standard InChI is InChI=1S/C19H27N5O/c1-15(2)18-17(14-22(3)21-18)20-19(25)24-11-7-10-23(12-13-24)16-8-5-4-6-9-16/h4-6,8-9,14-15H,7,10-13H2,1-3H3,(H,20,25). The molecular formula is C19H27N5O. The van der Waals surface area contributed by atoms with Gasteiger partial charge in [-0.3, -0.25) is 4.68 Å². The van der Waals surface area contributed by atoms with E-state index in [-0.39, 0.29) is 11.9 Å². The van der Waals surface area contributed by atoms with Crippen LogP contribution in [0.3, 0.4) is 0 Å². The van der Waals surface area contributed by atoms with Crippen molar-refractivity contribution >= 4 is 17.4 Å². The molecule has 0 unspecified atom stereocenters. The van der Waals surface area contributed by atoms with E-state index in [1.54, 1.807) is 4.68 Å². The monoisotopic (exact) mass is 341 g/mol. The molecule has 134 valence electrons. The number of amides is 2. The Kier molecular flexibility index (Phi) is 5.26. The molecule has 3 rings (SSSR count). The molecule has 2 heterocycles. The van der Waals surface area contributed by atoms with Crippen molar-refractivity contribution in [3.63, 3.8) is 0 Å². The molecule has 2 aromatic rings. The van der Waals surface area contributed by atoms with Crippen LogP contribution in [0.25, 0.3) is 0 Å². The van der Waals surface area contributed by atoms with Gasteiger partial charge in [0.25, 0.3) is 0 Å². The summed E-state index contributed by atoms with van der Waals surface area (Å²) in [5.41, 5.74) is 2.96. The van der Waals surface area contributed by atoms with Crippen LogP contribution >= 0.6 is 0 Å². The van der Waals surface area contributed by atoms with Gasteiger partial charge in [0.15, 0.2) is 0 Å². The Morgan fingerprint density at radius 1 is 1.12 bits per heavy atom. The summed E-state index contributed by atoms with van der Waals surface area (Å²) in [6.45, 7) is 7.48. The summed E-state index contributed by atoms with van der Waals surface area (Å²) in [5.74, 6) is 0.272. The lowest BCUT2D eigenvalue weighted by Crippen LogP contribution is -2.38. The molecule has 1 fully saturated rings. The van der Waals surface area contributed by atoms with Crippen LogP contribution in [0, 0.1) is 0 Å². The molecule has 0 radical (unpaired) electrons. The minimum atomic E-state index is -0.0372. The quantitative estimate of drug-likeness (QED) is 0.932. The van der Waals surface area contributed by atoms with E-state index < -0.39 is 0 Å². The fraction of sp³-hybridized carbons (Fsp3) is 0.474. The third-order valence-electron chi connectivity index (χ3n) is 4.55. The van der Waals surface area contributed by atoms with Crippen LogP contribution in [-0.2, 0) is 7.05 Å². The first-order chi connectivity index (χ1) is 12.0. The number of aromatic nitrogens is 2. The van der Waals surface area contributed by atoms with Gasteiger partial charge in [-0.2, -0.15) is 5.10 Å². The van der Waals surface area contributed by atoms with Crippen LogP contribution in [0.15, 0.2) is 36.5 Å². The molecule has 1 saturated heterocycles. The summed E-state index contributed by atoms with van der Waals surface area (Å²) in [6, 6.07) is 10.4. The highest BCUT2D eigenvalue weighted by atomic mass is 16.2. The number of para-hydroxylation sites is 1. The fourth-order valence-corrected chi connectivity index (χ4v) is 3.24. The summed E-state index contributed by atoms with van der Waals surface area (Å²) < 4.78 is 1.75. The van der Waals surface area contributed by atoms with Gasteiger partial charge in [-0.25, -0.2) is 4.79 Å². The normalized spacial score (nSPS) is 15.4. The molecule has 2 amide bonds. The van der Waals surface area contributed by atoms with E-state index in [1.165, 1.54) is 5.69 Å². The van der Waals surface area contributed by atoms with E-state index in [9.17, 15) is 4.79 Å². The minimum absolute atomic E-state index is 0.0372. The number of nitrogens with zero attached hydrogens (tertiary/aromatic N) is 4. The maximum atomic E-state index is 12.7. The van der Waals surface area contributed by atoms with Crippen molar-refractivity contribution in [2.75, 3.05) is 36.4 Å². The van der Waals surface area contributed by atoms with Gasteiger partial charge in [-0.05, 0) is 24.5 Å². The average molecular weight is 341 g/mol. The predicted octanol–water partition coefficient (Wildman–Crippen LogP) is 3.29. The largest absolute Gasteiger partial charge is 0.370 e. The van der Waals surface area contributed by atoms with Crippen molar-refractivity contribution in [2.45, 2.75) is 26.2 Å². The molecule has 0 aliphatic carbocycles. The smallest absolute Gasteiger partial charge is 0.322 e. The first kappa shape index (κ1) is 17.3. The van der Waals surface area contributed by atoms with E-state index in [4.69, 9.17) is 0 Å². The van der Waals surface area contributed by atoms with Gasteiger partial charge >= 0.3 is 6.03 Å². The van der Waals surface area contributed by atoms with Crippen LogP contribution in [0.4, 0.5) is 16.2 Å². The Balaban J connectivity index is 1.64. The van der Waals surface area contributed by atoms with Crippen molar-refractivity contribution in [1.82, 2.24) is 14.7 Å². The van der Waals surface area contributed by atoms with E-state index in [0.29, 0.717) is 0 Å². The molecular weight excluding hydrogens is 314 g/mol. The molecule has 6 nitrogen and oxygen atoms in total. The Hall–Kier alpha value is -2.50. The van der Waals surface area contributed by atoms with Crippen molar-refractivity contribution < 1.29 is 4.79 Å². The number of aryl methyl sites for hydroxylation is 1. The van der Waals surface area contributed by atoms with Crippen molar-refractivity contribution in [1.29, 1.82) is 0 Å². The van der Waals surface area contributed by atoms with E-state index in [2.05, 4.69) is 53.4 Å². The number of urea groups is 1. The molecule has 1 aliphatic rings. The first-order valence-electron chi connectivity index (χ1n) is 8.94. The maximum Gasteiger partial charge on any atom is 0.322 e. The summed E-state index contributed by atoms with van der Waals surface area (Å²) in [5, 5.41) is 7.50. The second-order valence-electron chi connectivity index (χ2n) is 6.85. The number of carbonyl (C=O) groups excluding carboxylic acids is 1. The second-order valence-corrected chi connectivity index (χ2v) is 6.85. The number of benzene rings is 1. The summed E-state index contributed by atoms with van der Waals surface area (Å²) in [6.07, 6.45) is 2.84. The molecule has 25 heavy (non-hydrogen) atoms. The second kappa shape index (κ2) is 7.59. The minimum Gasteiger partial charge on any atom is -0.370 e. The number of hydrogen-bond donors (Lipinski definition) is 1. The van der Waals surface area contributed by atoms with Gasteiger partial charge in [-0.1, -0.05) is 32.0 Å². The summed E-state index contributed by atoms with van der Waals surface area (Å²) in [4.78, 5) is 17.0. The molecule has 0 saturated carbocycles. The fourth-order valence-electron chi connectivity index (χ4n) is 3.24. The first-order valence-corrected chi connectivity index (χ1v) is 8.94. The third-order valence-corrected chi connectivity index (χ3v) is 4.55. The van der Waals surface area contributed by atoms with Gasteiger partial charge in [0.2, 0.25) is 0 Å². The number of anilines is 2. The lowest BCUT2D eigenvalue weighted by molar-refractivity contribution is 0.215. The lowest BCUT2D eigenvalue weighted by Gasteiger charge is -2.24. The van der Waals surface area contributed by atoms with E-state index in [0.717, 1.165) is 44.0 Å². The van der Waals surface area contributed by atoms with E-state index in [1.807, 2.05) is 24.2 Å². The summed E-state index contributed by atoms with van der Waals surface area (Å²) in [7, 11) is 1.88. The molecule has 0 spiro atoms. The number of hydrogen-bond acceptors (Lipinski definition) is 3. The third kappa shape index (κ3) is 4.13. The zero-order valence-corrected chi connectivity index (χ0v) is 15.3. The highest BCUT2D eigenvalue weighted by molar-refractivity contribution is 5.90. The van der Waals surface area contributed by atoms with Crippen LogP contribution in [0.2, 0.25) is 0 Å². The van der Waals surface area contributed by atoms with Crippen LogP contribution in [0.5, 0.6) is 0 Å². The predicted molar refractivity (Wildman–Crippen MR) is 101 cm³/mol. The van der Waals surface area contributed by atoms with Gasteiger partial charge in [0, 0.05) is 45.1 Å². The Morgan fingerprint density at radius 3 is 2.60 bits per heavy atom. The molecule has 1 aromatic heterocycles. The van der Waals surface area contributed by atoms with E-state index >= 15 is 0 Å². The molecule has 1 aromatic carbocycles. The number of nitrogens with one attached hydrogen (secondary N) is 1. The lowest BCUT2D eigenvalue weighted by atomic mass is 10.1. The Labute approximate surface area is 149 Å². The number of carbonyl (C=O) groups is 1. The molecule has 1 aliphatic heterocycles. The van der Waals surface area contributed by atoms with Gasteiger partial charge in [0.1, 0.15) is 0 Å². The van der Waals surface area contributed by atoms with Crippen LogP contribution in [0.1, 0.15) is 31.9 Å². The van der Waals surface area contributed by atoms with Crippen molar-refractivity contribution in [2.24, 2.45) is 7.05 Å². The van der Waals surface area contributed by atoms with Gasteiger partial charge < -0.3 is 15.1 Å².